The molecule has 0 saturated heterocycles. The summed E-state index contributed by atoms with van der Waals surface area (Å²) in [4.78, 5) is 11.5. The summed E-state index contributed by atoms with van der Waals surface area (Å²) in [7, 11) is 0. The summed E-state index contributed by atoms with van der Waals surface area (Å²) in [6.07, 6.45) is 0.844. The Morgan fingerprint density at radius 2 is 2.07 bits per heavy atom. The lowest BCUT2D eigenvalue weighted by Gasteiger charge is -1.98. The maximum atomic E-state index is 10.5. The first-order chi connectivity index (χ1) is 6.81. The summed E-state index contributed by atoms with van der Waals surface area (Å²) in [5.41, 5.74) is 1.68. The topological polar surface area (TPSA) is 17.1 Å². The van der Waals surface area contributed by atoms with Gasteiger partial charge in [-0.1, -0.05) is 29.8 Å². The van der Waals surface area contributed by atoms with Gasteiger partial charge in [-0.15, -0.1) is 11.3 Å². The SMILES string of the molecule is O=Cc1csc(-c2ccccc2Cl)c1. The molecule has 0 amide bonds. The molecular weight excluding hydrogens is 216 g/mol. The van der Waals surface area contributed by atoms with E-state index in [1.165, 1.54) is 11.3 Å². The molecule has 1 aromatic carbocycles. The van der Waals surface area contributed by atoms with E-state index in [1.807, 2.05) is 35.7 Å². The van der Waals surface area contributed by atoms with Crippen LogP contribution in [0.2, 0.25) is 5.02 Å². The number of halogens is 1. The molecule has 3 heteroatoms. The normalized spacial score (nSPS) is 10.1. The zero-order chi connectivity index (χ0) is 9.97. The fourth-order valence-corrected chi connectivity index (χ4v) is 2.40. The lowest BCUT2D eigenvalue weighted by atomic mass is 10.2. The molecule has 2 rings (SSSR count). The van der Waals surface area contributed by atoms with Crippen LogP contribution in [0.1, 0.15) is 10.4 Å². The third-order valence-electron chi connectivity index (χ3n) is 1.90. The van der Waals surface area contributed by atoms with E-state index in [0.717, 1.165) is 16.7 Å². The fourth-order valence-electron chi connectivity index (χ4n) is 1.22. The van der Waals surface area contributed by atoms with Crippen LogP contribution in [0.5, 0.6) is 0 Å². The highest BCUT2D eigenvalue weighted by Crippen LogP contribution is 2.31. The Bertz CT molecular complexity index is 462. The van der Waals surface area contributed by atoms with Crippen LogP contribution in [0, 0.1) is 0 Å². The number of hydrogen-bond acceptors (Lipinski definition) is 2. The maximum absolute atomic E-state index is 10.5. The van der Waals surface area contributed by atoms with Gasteiger partial charge in [-0.2, -0.15) is 0 Å². The molecule has 14 heavy (non-hydrogen) atoms. The molecule has 0 aliphatic heterocycles. The quantitative estimate of drug-likeness (QED) is 0.705. The van der Waals surface area contributed by atoms with E-state index < -0.39 is 0 Å². The summed E-state index contributed by atoms with van der Waals surface area (Å²) >= 11 is 7.56. The molecule has 0 aliphatic rings. The monoisotopic (exact) mass is 222 g/mol. The zero-order valence-corrected chi connectivity index (χ0v) is 8.81. The van der Waals surface area contributed by atoms with Crippen molar-refractivity contribution in [1.82, 2.24) is 0 Å². The van der Waals surface area contributed by atoms with Gasteiger partial charge in [0.1, 0.15) is 0 Å². The highest BCUT2D eigenvalue weighted by atomic mass is 35.5. The van der Waals surface area contributed by atoms with Crippen LogP contribution in [0.15, 0.2) is 35.7 Å². The third-order valence-corrected chi connectivity index (χ3v) is 3.21. The van der Waals surface area contributed by atoms with Crippen molar-refractivity contribution in [1.29, 1.82) is 0 Å². The maximum Gasteiger partial charge on any atom is 0.150 e. The Labute approximate surface area is 91.0 Å². The highest BCUT2D eigenvalue weighted by Gasteiger charge is 2.04. The molecule has 1 heterocycles. The van der Waals surface area contributed by atoms with Crippen LogP contribution in [0.3, 0.4) is 0 Å². The fraction of sp³-hybridized carbons (Fsp3) is 0. The molecule has 0 saturated carbocycles. The van der Waals surface area contributed by atoms with E-state index in [1.54, 1.807) is 0 Å². The molecule has 2 aromatic rings. The molecule has 0 spiro atoms. The van der Waals surface area contributed by atoms with Crippen molar-refractivity contribution in [3.8, 4) is 10.4 Å². The summed E-state index contributed by atoms with van der Waals surface area (Å²) in [5, 5.41) is 2.54. The lowest BCUT2D eigenvalue weighted by molar-refractivity contribution is 0.112. The third kappa shape index (κ3) is 1.72. The van der Waals surface area contributed by atoms with Crippen LogP contribution in [-0.2, 0) is 0 Å². The van der Waals surface area contributed by atoms with Crippen LogP contribution in [-0.4, -0.2) is 6.29 Å². The molecule has 0 N–H and O–H groups in total. The lowest BCUT2D eigenvalue weighted by Crippen LogP contribution is -1.74. The van der Waals surface area contributed by atoms with Crippen molar-refractivity contribution in [3.63, 3.8) is 0 Å². The molecule has 70 valence electrons. The van der Waals surface area contributed by atoms with E-state index in [4.69, 9.17) is 11.6 Å². The van der Waals surface area contributed by atoms with E-state index in [0.29, 0.717) is 10.6 Å². The Morgan fingerprint density at radius 3 is 2.71 bits per heavy atom. The summed E-state index contributed by atoms with van der Waals surface area (Å²) < 4.78 is 0. The van der Waals surface area contributed by atoms with Crippen molar-refractivity contribution in [2.24, 2.45) is 0 Å². The number of carbonyl (C=O) groups is 1. The molecule has 0 fully saturated rings. The van der Waals surface area contributed by atoms with Gasteiger partial charge in [0, 0.05) is 26.4 Å². The smallest absolute Gasteiger partial charge is 0.150 e. The van der Waals surface area contributed by atoms with Crippen molar-refractivity contribution < 1.29 is 4.79 Å². The van der Waals surface area contributed by atoms with Crippen LogP contribution in [0.25, 0.3) is 10.4 Å². The first-order valence-electron chi connectivity index (χ1n) is 4.10. The van der Waals surface area contributed by atoms with Crippen LogP contribution < -0.4 is 0 Å². The van der Waals surface area contributed by atoms with Gasteiger partial charge in [-0.3, -0.25) is 4.79 Å². The average molecular weight is 223 g/mol. The van der Waals surface area contributed by atoms with Gasteiger partial charge in [0.2, 0.25) is 0 Å². The van der Waals surface area contributed by atoms with E-state index in [9.17, 15) is 4.79 Å². The first kappa shape index (κ1) is 9.44. The molecule has 0 unspecified atom stereocenters. The van der Waals surface area contributed by atoms with E-state index >= 15 is 0 Å². The van der Waals surface area contributed by atoms with Gasteiger partial charge in [0.05, 0.1) is 0 Å². The molecule has 0 aliphatic carbocycles. The van der Waals surface area contributed by atoms with Crippen molar-refractivity contribution in [2.45, 2.75) is 0 Å². The minimum Gasteiger partial charge on any atom is -0.298 e. The summed E-state index contributed by atoms with van der Waals surface area (Å²) in [6, 6.07) is 9.46. The Hall–Kier alpha value is -1.12. The van der Waals surface area contributed by atoms with Gasteiger partial charge in [-0.05, 0) is 12.1 Å². The molecule has 1 nitrogen and oxygen atoms in total. The van der Waals surface area contributed by atoms with E-state index in [2.05, 4.69) is 0 Å². The molecule has 0 atom stereocenters. The van der Waals surface area contributed by atoms with Crippen molar-refractivity contribution in [3.05, 3.63) is 46.3 Å². The summed E-state index contributed by atoms with van der Waals surface area (Å²) in [5.74, 6) is 0. The number of aldehydes is 1. The second kappa shape index (κ2) is 3.95. The number of hydrogen-bond donors (Lipinski definition) is 0. The Balaban J connectivity index is 2.49. The number of benzene rings is 1. The average Bonchev–Trinajstić information content (AvgIpc) is 2.67. The van der Waals surface area contributed by atoms with E-state index in [-0.39, 0.29) is 0 Å². The van der Waals surface area contributed by atoms with Gasteiger partial charge in [0.25, 0.3) is 0 Å². The first-order valence-corrected chi connectivity index (χ1v) is 5.35. The van der Waals surface area contributed by atoms with Crippen molar-refractivity contribution in [2.75, 3.05) is 0 Å². The Morgan fingerprint density at radius 1 is 1.29 bits per heavy atom. The standard InChI is InChI=1S/C11H7ClOS/c12-10-4-2-1-3-9(10)11-5-8(6-13)7-14-11/h1-7H. The second-order valence-electron chi connectivity index (χ2n) is 2.84. The van der Waals surface area contributed by atoms with Gasteiger partial charge >= 0.3 is 0 Å². The van der Waals surface area contributed by atoms with Crippen LogP contribution >= 0.6 is 22.9 Å². The predicted octanol–water partition coefficient (Wildman–Crippen LogP) is 3.88. The molecule has 0 bridgehead atoms. The van der Waals surface area contributed by atoms with Gasteiger partial charge < -0.3 is 0 Å². The second-order valence-corrected chi connectivity index (χ2v) is 4.16. The molecule has 0 radical (unpaired) electrons. The predicted molar refractivity (Wildman–Crippen MR) is 60.2 cm³/mol. The number of thiophene rings is 1. The number of carbonyl (C=O) groups excluding carboxylic acids is 1. The largest absolute Gasteiger partial charge is 0.298 e. The van der Waals surface area contributed by atoms with Gasteiger partial charge in [0.15, 0.2) is 6.29 Å². The minimum absolute atomic E-state index is 0.699. The molecular formula is C11H7ClOS. The minimum atomic E-state index is 0.699. The van der Waals surface area contributed by atoms with Crippen molar-refractivity contribution >= 4 is 29.2 Å². The summed E-state index contributed by atoms with van der Waals surface area (Å²) in [6.45, 7) is 0. The highest BCUT2D eigenvalue weighted by molar-refractivity contribution is 7.13. The zero-order valence-electron chi connectivity index (χ0n) is 7.24. The Kier molecular flexibility index (Phi) is 2.66. The van der Waals surface area contributed by atoms with Crippen LogP contribution in [0.4, 0.5) is 0 Å². The van der Waals surface area contributed by atoms with Gasteiger partial charge in [-0.25, -0.2) is 0 Å². The number of rotatable bonds is 2. The molecule has 1 aromatic heterocycles.